The zero-order valence-electron chi connectivity index (χ0n) is 8.49. The highest BCUT2D eigenvalue weighted by atomic mass is 16.5. The molecule has 0 bridgehead atoms. The van der Waals surface area contributed by atoms with Crippen molar-refractivity contribution in [3.63, 3.8) is 0 Å². The van der Waals surface area contributed by atoms with E-state index >= 15 is 0 Å². The minimum atomic E-state index is -0.848. The Labute approximate surface area is 83.0 Å². The van der Waals surface area contributed by atoms with E-state index in [1.165, 1.54) is 14.0 Å². The van der Waals surface area contributed by atoms with Crippen LogP contribution in [0, 0.1) is 0 Å². The average molecular weight is 204 g/mol. The molecular formula is C9H16O5. The Morgan fingerprint density at radius 2 is 2.00 bits per heavy atom. The molecule has 1 atom stereocenters. The minimum Gasteiger partial charge on any atom is -0.481 e. The van der Waals surface area contributed by atoms with Crippen molar-refractivity contribution in [2.45, 2.75) is 32.3 Å². The summed E-state index contributed by atoms with van der Waals surface area (Å²) in [7, 11) is 1.51. The molecule has 1 unspecified atom stereocenters. The largest absolute Gasteiger partial charge is 0.481 e. The third-order valence-electron chi connectivity index (χ3n) is 1.76. The van der Waals surface area contributed by atoms with E-state index in [0.717, 1.165) is 0 Å². The van der Waals surface area contributed by atoms with Gasteiger partial charge in [0.25, 0.3) is 0 Å². The highest BCUT2D eigenvalue weighted by Crippen LogP contribution is 2.06. The van der Waals surface area contributed by atoms with Gasteiger partial charge in [-0.05, 0) is 6.42 Å². The fraction of sp³-hybridized carbons (Fsp3) is 0.778. The Kier molecular flexibility index (Phi) is 6.74. The highest BCUT2D eigenvalue weighted by molar-refractivity contribution is 5.66. The summed E-state index contributed by atoms with van der Waals surface area (Å²) in [4.78, 5) is 20.7. The molecule has 0 saturated heterocycles. The molecule has 0 aliphatic carbocycles. The Morgan fingerprint density at radius 3 is 2.43 bits per heavy atom. The summed E-state index contributed by atoms with van der Waals surface area (Å²) in [6.07, 6.45) is 0.875. The number of methoxy groups -OCH3 is 1. The van der Waals surface area contributed by atoms with Gasteiger partial charge >= 0.3 is 11.9 Å². The van der Waals surface area contributed by atoms with Crippen molar-refractivity contribution in [2.24, 2.45) is 0 Å². The number of hydrogen-bond donors (Lipinski definition) is 1. The number of hydrogen-bond acceptors (Lipinski definition) is 4. The van der Waals surface area contributed by atoms with E-state index < -0.39 is 5.97 Å². The molecule has 0 saturated carbocycles. The summed E-state index contributed by atoms with van der Waals surface area (Å²) in [5.74, 6) is -1.18. The Bertz CT molecular complexity index is 190. The molecule has 0 aromatic heterocycles. The number of carboxylic acids is 1. The van der Waals surface area contributed by atoms with Gasteiger partial charge in [-0.2, -0.15) is 0 Å². The van der Waals surface area contributed by atoms with Gasteiger partial charge in [0.15, 0.2) is 0 Å². The Hall–Kier alpha value is -1.10. The Morgan fingerprint density at radius 1 is 1.36 bits per heavy atom. The van der Waals surface area contributed by atoms with Gasteiger partial charge in [0.1, 0.15) is 0 Å². The molecule has 0 amide bonds. The summed E-state index contributed by atoms with van der Waals surface area (Å²) in [6, 6.07) is 0. The van der Waals surface area contributed by atoms with E-state index in [0.29, 0.717) is 12.8 Å². The number of rotatable bonds is 7. The van der Waals surface area contributed by atoms with Crippen LogP contribution >= 0.6 is 0 Å². The number of esters is 1. The maximum Gasteiger partial charge on any atom is 0.303 e. The molecule has 82 valence electrons. The van der Waals surface area contributed by atoms with Crippen LogP contribution in [0.2, 0.25) is 0 Å². The molecule has 0 aromatic rings. The fourth-order valence-electron chi connectivity index (χ4n) is 0.999. The number of aliphatic carboxylic acids is 1. The van der Waals surface area contributed by atoms with Gasteiger partial charge in [-0.25, -0.2) is 0 Å². The first-order valence-electron chi connectivity index (χ1n) is 4.44. The zero-order chi connectivity index (χ0) is 11.0. The van der Waals surface area contributed by atoms with E-state index in [2.05, 4.69) is 0 Å². The van der Waals surface area contributed by atoms with Crippen molar-refractivity contribution < 1.29 is 24.2 Å². The second-order valence-electron chi connectivity index (χ2n) is 2.92. The van der Waals surface area contributed by atoms with Gasteiger partial charge in [0.2, 0.25) is 0 Å². The zero-order valence-corrected chi connectivity index (χ0v) is 8.49. The summed E-state index contributed by atoms with van der Waals surface area (Å²) in [5.41, 5.74) is 0. The molecule has 0 aliphatic rings. The molecule has 0 rings (SSSR count). The lowest BCUT2D eigenvalue weighted by Gasteiger charge is -2.13. The standard InChI is InChI=1S/C9H16O5/c1-7(10)14-6-5-8(13-2)3-4-9(11)12/h8H,3-6H2,1-2H3,(H,11,12). The van der Waals surface area contributed by atoms with Gasteiger partial charge < -0.3 is 14.6 Å². The summed E-state index contributed by atoms with van der Waals surface area (Å²) >= 11 is 0. The third kappa shape index (κ3) is 7.54. The maximum absolute atomic E-state index is 10.4. The molecule has 5 nitrogen and oxygen atoms in total. The second-order valence-corrected chi connectivity index (χ2v) is 2.92. The van der Waals surface area contributed by atoms with Gasteiger partial charge in [0.05, 0.1) is 12.7 Å². The van der Waals surface area contributed by atoms with E-state index in [9.17, 15) is 9.59 Å². The average Bonchev–Trinajstić information content (AvgIpc) is 2.10. The SMILES string of the molecule is COC(CCOC(C)=O)CCC(=O)O. The van der Waals surface area contributed by atoms with Crippen LogP contribution in [0.4, 0.5) is 0 Å². The van der Waals surface area contributed by atoms with Crippen LogP contribution in [0.25, 0.3) is 0 Å². The first kappa shape index (κ1) is 12.9. The molecule has 0 spiro atoms. The molecule has 0 aromatic carbocycles. The smallest absolute Gasteiger partial charge is 0.303 e. The van der Waals surface area contributed by atoms with Crippen LogP contribution in [0.15, 0.2) is 0 Å². The summed E-state index contributed by atoms with van der Waals surface area (Å²) < 4.78 is 9.74. The lowest BCUT2D eigenvalue weighted by molar-refractivity contribution is -0.142. The summed E-state index contributed by atoms with van der Waals surface area (Å²) in [6.45, 7) is 1.60. The highest BCUT2D eigenvalue weighted by Gasteiger charge is 2.10. The van der Waals surface area contributed by atoms with Crippen LogP contribution in [0.1, 0.15) is 26.2 Å². The van der Waals surface area contributed by atoms with Crippen molar-refractivity contribution in [2.75, 3.05) is 13.7 Å². The summed E-state index contributed by atoms with van der Waals surface area (Å²) in [5, 5.41) is 8.43. The molecule has 0 aliphatic heterocycles. The molecule has 0 fully saturated rings. The van der Waals surface area contributed by atoms with Gasteiger partial charge in [0, 0.05) is 26.9 Å². The lowest BCUT2D eigenvalue weighted by Crippen LogP contribution is -2.16. The second kappa shape index (κ2) is 7.32. The first-order chi connectivity index (χ1) is 6.56. The van der Waals surface area contributed by atoms with Gasteiger partial charge in [-0.3, -0.25) is 9.59 Å². The molecule has 1 N–H and O–H groups in total. The van der Waals surface area contributed by atoms with Crippen LogP contribution in [-0.2, 0) is 19.1 Å². The number of ether oxygens (including phenoxy) is 2. The van der Waals surface area contributed by atoms with Crippen LogP contribution in [-0.4, -0.2) is 36.9 Å². The van der Waals surface area contributed by atoms with Crippen molar-refractivity contribution in [1.29, 1.82) is 0 Å². The molecule has 0 heterocycles. The first-order valence-corrected chi connectivity index (χ1v) is 4.44. The molecule has 5 heteroatoms. The van der Waals surface area contributed by atoms with Gasteiger partial charge in [-0.15, -0.1) is 0 Å². The van der Waals surface area contributed by atoms with Crippen LogP contribution < -0.4 is 0 Å². The van der Waals surface area contributed by atoms with Crippen molar-refractivity contribution in [3.8, 4) is 0 Å². The predicted molar refractivity (Wildman–Crippen MR) is 48.9 cm³/mol. The van der Waals surface area contributed by atoms with Gasteiger partial charge in [-0.1, -0.05) is 0 Å². The minimum absolute atomic E-state index is 0.0680. The van der Waals surface area contributed by atoms with Crippen molar-refractivity contribution in [3.05, 3.63) is 0 Å². The third-order valence-corrected chi connectivity index (χ3v) is 1.76. The number of carboxylic acid groups (broad SMARTS) is 1. The predicted octanol–water partition coefficient (Wildman–Crippen LogP) is 0.819. The molecule has 0 radical (unpaired) electrons. The van der Waals surface area contributed by atoms with E-state index in [-0.39, 0.29) is 25.1 Å². The normalized spacial score (nSPS) is 12.1. The lowest BCUT2D eigenvalue weighted by atomic mass is 10.1. The van der Waals surface area contributed by atoms with Crippen LogP contribution in [0.3, 0.4) is 0 Å². The van der Waals surface area contributed by atoms with Crippen molar-refractivity contribution >= 4 is 11.9 Å². The number of carbonyl (C=O) groups is 2. The van der Waals surface area contributed by atoms with Crippen LogP contribution in [0.5, 0.6) is 0 Å². The van der Waals surface area contributed by atoms with E-state index in [1.54, 1.807) is 0 Å². The molecular weight excluding hydrogens is 188 g/mol. The quantitative estimate of drug-likeness (QED) is 0.621. The molecule has 14 heavy (non-hydrogen) atoms. The number of carbonyl (C=O) groups excluding carboxylic acids is 1. The Balaban J connectivity index is 3.57. The fourth-order valence-corrected chi connectivity index (χ4v) is 0.999. The topological polar surface area (TPSA) is 72.8 Å². The van der Waals surface area contributed by atoms with Crippen molar-refractivity contribution in [1.82, 2.24) is 0 Å². The van der Waals surface area contributed by atoms with E-state index in [4.69, 9.17) is 14.6 Å². The van der Waals surface area contributed by atoms with E-state index in [1.807, 2.05) is 0 Å². The monoisotopic (exact) mass is 204 g/mol. The maximum atomic E-state index is 10.4.